The highest BCUT2D eigenvalue weighted by Gasteiger charge is 2.35. The van der Waals surface area contributed by atoms with Gasteiger partial charge in [0.25, 0.3) is 0 Å². The number of piperidine rings is 1. The van der Waals surface area contributed by atoms with Gasteiger partial charge < -0.3 is 14.4 Å². The largest absolute Gasteiger partial charge is 0.360 e. The van der Waals surface area contributed by atoms with E-state index in [2.05, 4.69) is 20.0 Å². The molecule has 0 bridgehead atoms. The lowest BCUT2D eigenvalue weighted by Gasteiger charge is -2.30. The number of hydrogen-bond acceptors (Lipinski definition) is 6. The molecular formula is C21H27N5O4S. The molecule has 1 fully saturated rings. The molecule has 0 spiro atoms. The molecule has 0 saturated carbocycles. The number of fused-ring (bicyclic) bond motifs is 1. The van der Waals surface area contributed by atoms with Crippen LogP contribution in [0.5, 0.6) is 0 Å². The number of aryl methyl sites for hydroxylation is 3. The van der Waals surface area contributed by atoms with Gasteiger partial charge in [0.05, 0.1) is 17.4 Å². The zero-order valence-electron chi connectivity index (χ0n) is 17.7. The van der Waals surface area contributed by atoms with Crippen molar-refractivity contribution in [2.24, 2.45) is 5.92 Å². The summed E-state index contributed by atoms with van der Waals surface area (Å²) in [5.41, 5.74) is 2.41. The molecule has 31 heavy (non-hydrogen) atoms. The molecule has 1 saturated heterocycles. The molecule has 10 heteroatoms. The lowest BCUT2D eigenvalue weighted by atomic mass is 9.97. The topological polar surface area (TPSA) is 110 Å². The van der Waals surface area contributed by atoms with Gasteiger partial charge in [0.2, 0.25) is 15.9 Å². The van der Waals surface area contributed by atoms with Crippen LogP contribution in [0.15, 0.2) is 40.0 Å². The maximum absolute atomic E-state index is 12.9. The molecule has 0 radical (unpaired) electrons. The molecule has 4 rings (SSSR count). The van der Waals surface area contributed by atoms with Crippen LogP contribution in [0, 0.1) is 19.8 Å². The van der Waals surface area contributed by atoms with E-state index in [-0.39, 0.29) is 16.7 Å². The second-order valence-electron chi connectivity index (χ2n) is 7.90. The number of nitrogens with one attached hydrogen (secondary N) is 1. The Balaban J connectivity index is 1.25. The number of carbonyl (C=O) groups is 1. The first-order chi connectivity index (χ1) is 14.9. The minimum atomic E-state index is -3.66. The molecule has 1 aliphatic heterocycles. The van der Waals surface area contributed by atoms with Gasteiger partial charge >= 0.3 is 0 Å². The third kappa shape index (κ3) is 4.35. The fraction of sp³-hybridized carbons (Fsp3) is 0.476. The Bertz CT molecular complexity index is 1160. The van der Waals surface area contributed by atoms with E-state index in [1.54, 1.807) is 13.8 Å². The Morgan fingerprint density at radius 1 is 1.23 bits per heavy atom. The van der Waals surface area contributed by atoms with Crippen LogP contribution >= 0.6 is 0 Å². The molecule has 2 aromatic heterocycles. The first kappa shape index (κ1) is 21.5. The highest BCUT2D eigenvalue weighted by atomic mass is 32.2. The normalized spacial score (nSPS) is 16.1. The molecular weight excluding hydrogens is 418 g/mol. The summed E-state index contributed by atoms with van der Waals surface area (Å²) >= 11 is 0. The summed E-state index contributed by atoms with van der Waals surface area (Å²) in [6.07, 6.45) is 3.62. The van der Waals surface area contributed by atoms with Gasteiger partial charge in [-0.2, -0.15) is 4.31 Å². The molecule has 1 aliphatic rings. The number of rotatable bonds is 7. The Kier molecular flexibility index (Phi) is 6.10. The summed E-state index contributed by atoms with van der Waals surface area (Å²) in [6.45, 7) is 5.19. The maximum atomic E-state index is 12.9. The summed E-state index contributed by atoms with van der Waals surface area (Å²) in [7, 11) is -3.66. The van der Waals surface area contributed by atoms with Crippen LogP contribution in [-0.4, -0.2) is 53.0 Å². The molecule has 3 heterocycles. The molecule has 0 unspecified atom stereocenters. The van der Waals surface area contributed by atoms with Crippen molar-refractivity contribution < 1.29 is 17.7 Å². The van der Waals surface area contributed by atoms with Crippen LogP contribution in [-0.2, 0) is 21.4 Å². The van der Waals surface area contributed by atoms with Gasteiger partial charge in [0, 0.05) is 32.1 Å². The number of carbonyl (C=O) groups excluding carboxylic acids is 1. The van der Waals surface area contributed by atoms with Crippen molar-refractivity contribution in [3.8, 4) is 0 Å². The van der Waals surface area contributed by atoms with Crippen molar-refractivity contribution in [1.29, 1.82) is 0 Å². The van der Waals surface area contributed by atoms with Crippen molar-refractivity contribution >= 4 is 27.0 Å². The summed E-state index contributed by atoms with van der Waals surface area (Å²) in [6, 6.07) is 7.96. The van der Waals surface area contributed by atoms with Crippen LogP contribution in [0.3, 0.4) is 0 Å². The molecule has 9 nitrogen and oxygen atoms in total. The second kappa shape index (κ2) is 8.80. The Morgan fingerprint density at radius 2 is 1.97 bits per heavy atom. The predicted octanol–water partition coefficient (Wildman–Crippen LogP) is 2.25. The zero-order valence-corrected chi connectivity index (χ0v) is 18.6. The lowest BCUT2D eigenvalue weighted by Crippen LogP contribution is -2.43. The number of hydrogen-bond donors (Lipinski definition) is 1. The smallest absolute Gasteiger partial charge is 0.248 e. The Morgan fingerprint density at radius 3 is 2.68 bits per heavy atom. The molecule has 3 aromatic rings. The van der Waals surface area contributed by atoms with E-state index in [4.69, 9.17) is 4.52 Å². The number of nitrogens with zero attached hydrogens (tertiary/aromatic N) is 4. The first-order valence-electron chi connectivity index (χ1n) is 10.5. The van der Waals surface area contributed by atoms with Crippen LogP contribution < -0.4 is 5.32 Å². The van der Waals surface area contributed by atoms with Crippen molar-refractivity contribution in [1.82, 2.24) is 24.3 Å². The van der Waals surface area contributed by atoms with Gasteiger partial charge in [-0.1, -0.05) is 17.3 Å². The van der Waals surface area contributed by atoms with E-state index >= 15 is 0 Å². The average molecular weight is 446 g/mol. The molecule has 1 amide bonds. The summed E-state index contributed by atoms with van der Waals surface area (Å²) in [4.78, 5) is 17.1. The average Bonchev–Trinajstić information content (AvgIpc) is 3.34. The molecule has 1 aromatic carbocycles. The maximum Gasteiger partial charge on any atom is 0.248 e. The minimum absolute atomic E-state index is 0.00937. The minimum Gasteiger partial charge on any atom is -0.360 e. The number of imidazole rings is 1. The van der Waals surface area contributed by atoms with Crippen molar-refractivity contribution in [3.05, 3.63) is 42.0 Å². The third-order valence-electron chi connectivity index (χ3n) is 5.79. The van der Waals surface area contributed by atoms with E-state index in [9.17, 15) is 13.2 Å². The predicted molar refractivity (Wildman–Crippen MR) is 115 cm³/mol. The van der Waals surface area contributed by atoms with E-state index in [1.807, 2.05) is 30.6 Å². The van der Waals surface area contributed by atoms with Crippen LogP contribution in [0.25, 0.3) is 11.0 Å². The van der Waals surface area contributed by atoms with Gasteiger partial charge in [-0.25, -0.2) is 13.4 Å². The SMILES string of the molecule is Cc1noc(C)c1S(=O)(=O)N1CCC(C(=O)NCCCn2cnc3ccccc32)CC1. The van der Waals surface area contributed by atoms with Gasteiger partial charge in [-0.3, -0.25) is 4.79 Å². The highest BCUT2D eigenvalue weighted by molar-refractivity contribution is 7.89. The molecule has 0 aliphatic carbocycles. The monoisotopic (exact) mass is 445 g/mol. The number of amides is 1. The zero-order chi connectivity index (χ0) is 22.0. The van der Waals surface area contributed by atoms with Crippen molar-refractivity contribution in [2.75, 3.05) is 19.6 Å². The number of benzene rings is 1. The summed E-state index contributed by atoms with van der Waals surface area (Å²) in [5, 5.41) is 6.74. The van der Waals surface area contributed by atoms with Crippen molar-refractivity contribution in [3.63, 3.8) is 0 Å². The fourth-order valence-electron chi connectivity index (χ4n) is 4.12. The fourth-order valence-corrected chi connectivity index (χ4v) is 5.88. The van der Waals surface area contributed by atoms with E-state index < -0.39 is 10.0 Å². The van der Waals surface area contributed by atoms with E-state index in [1.165, 1.54) is 4.31 Å². The quantitative estimate of drug-likeness (QED) is 0.559. The van der Waals surface area contributed by atoms with Gasteiger partial charge in [-0.05, 0) is 45.2 Å². The Labute approximate surface area is 181 Å². The molecule has 1 N–H and O–H groups in total. The van der Waals surface area contributed by atoms with Gasteiger partial charge in [0.15, 0.2) is 5.76 Å². The lowest BCUT2D eigenvalue weighted by molar-refractivity contribution is -0.126. The van der Waals surface area contributed by atoms with Gasteiger partial charge in [0.1, 0.15) is 10.6 Å². The van der Waals surface area contributed by atoms with Gasteiger partial charge in [-0.15, -0.1) is 0 Å². The summed E-state index contributed by atoms with van der Waals surface area (Å²) < 4.78 is 34.3. The van der Waals surface area contributed by atoms with Crippen molar-refractivity contribution in [2.45, 2.75) is 44.6 Å². The van der Waals surface area contributed by atoms with E-state index in [0.717, 1.165) is 24.0 Å². The number of aromatic nitrogens is 3. The summed E-state index contributed by atoms with van der Waals surface area (Å²) in [5.74, 6) is 0.109. The first-order valence-corrected chi connectivity index (χ1v) is 11.9. The highest BCUT2D eigenvalue weighted by Crippen LogP contribution is 2.27. The standard InChI is InChI=1S/C21H27N5O4S/c1-15-20(16(2)30-24-15)31(28,29)26-12-8-17(9-13-26)21(27)22-10-5-11-25-14-23-18-6-3-4-7-19(18)25/h3-4,6-7,14,17H,5,8-13H2,1-2H3,(H,22,27). The van der Waals surface area contributed by atoms with Crippen LogP contribution in [0.4, 0.5) is 0 Å². The third-order valence-corrected chi connectivity index (χ3v) is 7.94. The number of sulfonamides is 1. The Hall–Kier alpha value is -2.72. The van der Waals surface area contributed by atoms with Crippen LogP contribution in [0.1, 0.15) is 30.7 Å². The second-order valence-corrected chi connectivity index (χ2v) is 9.78. The number of para-hydroxylation sites is 2. The van der Waals surface area contributed by atoms with Crippen LogP contribution in [0.2, 0.25) is 0 Å². The van der Waals surface area contributed by atoms with E-state index in [0.29, 0.717) is 43.9 Å². The molecule has 166 valence electrons. The molecule has 0 atom stereocenters.